The van der Waals surface area contributed by atoms with Crippen LogP contribution in [0.1, 0.15) is 21.8 Å². The second-order valence-corrected chi connectivity index (χ2v) is 5.02. The molecule has 2 nitrogen and oxygen atoms in total. The Balaban J connectivity index is 2.46. The largest absolute Gasteiger partial charge is 0.292 e. The van der Waals surface area contributed by atoms with Gasteiger partial charge in [0.15, 0.2) is 17.4 Å². The van der Waals surface area contributed by atoms with Gasteiger partial charge in [-0.15, -0.1) is 0 Å². The lowest BCUT2D eigenvalue weighted by molar-refractivity contribution is 0.0974. The molecule has 2 aromatic rings. The van der Waals surface area contributed by atoms with Crippen molar-refractivity contribution in [1.29, 1.82) is 5.26 Å². The van der Waals surface area contributed by atoms with E-state index in [2.05, 4.69) is 0 Å². The number of ketones is 1. The van der Waals surface area contributed by atoms with Gasteiger partial charge in [-0.25, -0.2) is 8.78 Å². The minimum absolute atomic E-state index is 0.168. The van der Waals surface area contributed by atoms with E-state index in [-0.39, 0.29) is 15.6 Å². The molecule has 6 heteroatoms. The number of rotatable bonds is 3. The number of nitrogens with zero attached hydrogens (tertiary/aromatic N) is 1. The SMILES string of the molecule is N#CC(C(=O)c1cccc(F)c1F)c1ccc(Cl)c(Cl)c1. The molecule has 0 aliphatic carbocycles. The molecule has 0 bridgehead atoms. The summed E-state index contributed by atoms with van der Waals surface area (Å²) in [5, 5.41) is 9.60. The lowest BCUT2D eigenvalue weighted by atomic mass is 9.91. The first-order valence-electron chi connectivity index (χ1n) is 5.78. The molecule has 1 atom stereocenters. The highest BCUT2D eigenvalue weighted by Crippen LogP contribution is 2.29. The predicted octanol–water partition coefficient (Wildman–Crippen LogP) is 4.76. The van der Waals surface area contributed by atoms with Crippen molar-refractivity contribution in [2.24, 2.45) is 0 Å². The second kappa shape index (κ2) is 6.21. The summed E-state index contributed by atoms with van der Waals surface area (Å²) in [5.41, 5.74) is -0.215. The Hall–Kier alpha value is -1.96. The van der Waals surface area contributed by atoms with Gasteiger partial charge in [0.1, 0.15) is 5.92 Å². The van der Waals surface area contributed by atoms with Crippen LogP contribution in [-0.4, -0.2) is 5.78 Å². The summed E-state index contributed by atoms with van der Waals surface area (Å²) in [7, 11) is 0. The maximum absolute atomic E-state index is 13.7. The minimum Gasteiger partial charge on any atom is -0.292 e. The molecule has 21 heavy (non-hydrogen) atoms. The number of benzene rings is 2. The van der Waals surface area contributed by atoms with Crippen molar-refractivity contribution in [3.05, 3.63) is 69.2 Å². The molecule has 0 fully saturated rings. The molecule has 0 radical (unpaired) electrons. The Labute approximate surface area is 129 Å². The van der Waals surface area contributed by atoms with E-state index in [0.717, 1.165) is 12.1 Å². The smallest absolute Gasteiger partial charge is 0.187 e. The Kier molecular flexibility index (Phi) is 4.56. The van der Waals surface area contributed by atoms with Crippen molar-refractivity contribution in [2.45, 2.75) is 5.92 Å². The number of hydrogen-bond acceptors (Lipinski definition) is 2. The number of Topliss-reactive ketones (excluding diaryl/α,β-unsaturated/α-hetero) is 1. The number of hydrogen-bond donors (Lipinski definition) is 0. The monoisotopic (exact) mass is 325 g/mol. The van der Waals surface area contributed by atoms with E-state index in [0.29, 0.717) is 0 Å². The number of carbonyl (C=O) groups is 1. The third kappa shape index (κ3) is 3.05. The predicted molar refractivity (Wildman–Crippen MR) is 75.5 cm³/mol. The summed E-state index contributed by atoms with van der Waals surface area (Å²) in [6.45, 7) is 0. The summed E-state index contributed by atoms with van der Waals surface area (Å²) in [6, 6.07) is 9.22. The highest BCUT2D eigenvalue weighted by atomic mass is 35.5. The van der Waals surface area contributed by atoms with E-state index in [1.807, 2.05) is 0 Å². The third-order valence-corrected chi connectivity index (χ3v) is 3.62. The van der Waals surface area contributed by atoms with Gasteiger partial charge in [-0.2, -0.15) is 5.26 Å². The molecule has 0 amide bonds. The quantitative estimate of drug-likeness (QED) is 0.763. The van der Waals surface area contributed by atoms with Crippen LogP contribution in [-0.2, 0) is 0 Å². The molecule has 0 spiro atoms. The Bertz CT molecular complexity index is 756. The van der Waals surface area contributed by atoms with Crippen LogP contribution in [0.5, 0.6) is 0 Å². The number of nitriles is 1. The van der Waals surface area contributed by atoms with Crippen LogP contribution >= 0.6 is 23.2 Å². The van der Waals surface area contributed by atoms with Crippen LogP contribution in [0, 0.1) is 23.0 Å². The van der Waals surface area contributed by atoms with Gasteiger partial charge >= 0.3 is 0 Å². The second-order valence-electron chi connectivity index (χ2n) is 4.20. The van der Waals surface area contributed by atoms with Gasteiger partial charge in [-0.05, 0) is 29.8 Å². The fourth-order valence-electron chi connectivity index (χ4n) is 1.83. The fourth-order valence-corrected chi connectivity index (χ4v) is 2.13. The molecule has 106 valence electrons. The van der Waals surface area contributed by atoms with Gasteiger partial charge in [0.2, 0.25) is 0 Å². The Morgan fingerprint density at radius 2 is 1.86 bits per heavy atom. The Morgan fingerprint density at radius 1 is 1.14 bits per heavy atom. The average Bonchev–Trinajstić information content (AvgIpc) is 2.46. The van der Waals surface area contributed by atoms with Crippen molar-refractivity contribution in [3.63, 3.8) is 0 Å². The van der Waals surface area contributed by atoms with Crippen LogP contribution in [0.4, 0.5) is 8.78 Å². The molecule has 0 saturated heterocycles. The van der Waals surface area contributed by atoms with E-state index in [1.54, 1.807) is 6.07 Å². The molecule has 2 rings (SSSR count). The molecule has 0 aliphatic rings. The fraction of sp³-hybridized carbons (Fsp3) is 0.0667. The van der Waals surface area contributed by atoms with Gasteiger partial charge in [0, 0.05) is 0 Å². The van der Waals surface area contributed by atoms with Crippen molar-refractivity contribution in [2.75, 3.05) is 0 Å². The lowest BCUT2D eigenvalue weighted by Crippen LogP contribution is -2.13. The summed E-state index contributed by atoms with van der Waals surface area (Å²) in [5.74, 6) is -4.56. The molecular formula is C15H7Cl2F2NO. The topological polar surface area (TPSA) is 40.9 Å². The first-order chi connectivity index (χ1) is 9.95. The van der Waals surface area contributed by atoms with Gasteiger partial charge in [0.25, 0.3) is 0 Å². The van der Waals surface area contributed by atoms with E-state index in [1.165, 1.54) is 24.3 Å². The van der Waals surface area contributed by atoms with Crippen LogP contribution in [0.25, 0.3) is 0 Å². The van der Waals surface area contributed by atoms with Gasteiger partial charge < -0.3 is 0 Å². The number of halogens is 4. The average molecular weight is 326 g/mol. The van der Waals surface area contributed by atoms with E-state index < -0.39 is 28.9 Å². The van der Waals surface area contributed by atoms with Crippen LogP contribution in [0.2, 0.25) is 10.0 Å². The molecule has 0 aliphatic heterocycles. The zero-order chi connectivity index (χ0) is 15.6. The minimum atomic E-state index is -1.30. The zero-order valence-electron chi connectivity index (χ0n) is 10.4. The first-order valence-corrected chi connectivity index (χ1v) is 6.54. The van der Waals surface area contributed by atoms with E-state index in [9.17, 15) is 13.6 Å². The normalized spacial score (nSPS) is 11.8. The molecule has 2 aromatic carbocycles. The summed E-state index contributed by atoms with van der Waals surface area (Å²) in [4.78, 5) is 12.2. The summed E-state index contributed by atoms with van der Waals surface area (Å²) in [6.07, 6.45) is 0. The molecule has 0 heterocycles. The van der Waals surface area contributed by atoms with Crippen molar-refractivity contribution >= 4 is 29.0 Å². The maximum Gasteiger partial charge on any atom is 0.187 e. The molecule has 0 aromatic heterocycles. The number of carbonyl (C=O) groups excluding carboxylic acids is 1. The van der Waals surface area contributed by atoms with Crippen LogP contribution in [0.15, 0.2) is 36.4 Å². The standard InChI is InChI=1S/C15H7Cl2F2NO/c16-11-5-4-8(6-12(11)17)10(7-20)15(21)9-2-1-3-13(18)14(9)19/h1-6,10H. The van der Waals surface area contributed by atoms with Gasteiger partial charge in [-0.3, -0.25) is 4.79 Å². The lowest BCUT2D eigenvalue weighted by Gasteiger charge is -2.10. The van der Waals surface area contributed by atoms with Crippen molar-refractivity contribution in [1.82, 2.24) is 0 Å². The molecular weight excluding hydrogens is 319 g/mol. The highest BCUT2D eigenvalue weighted by Gasteiger charge is 2.26. The molecule has 0 saturated carbocycles. The molecule has 0 N–H and O–H groups in total. The van der Waals surface area contributed by atoms with Crippen LogP contribution in [0.3, 0.4) is 0 Å². The van der Waals surface area contributed by atoms with Gasteiger partial charge in [-0.1, -0.05) is 35.3 Å². The van der Waals surface area contributed by atoms with Crippen molar-refractivity contribution < 1.29 is 13.6 Å². The summed E-state index contributed by atoms with van der Waals surface area (Å²) < 4.78 is 26.8. The maximum atomic E-state index is 13.7. The van der Waals surface area contributed by atoms with Crippen LogP contribution < -0.4 is 0 Å². The summed E-state index contributed by atoms with van der Waals surface area (Å²) >= 11 is 11.6. The molecule has 1 unspecified atom stereocenters. The zero-order valence-corrected chi connectivity index (χ0v) is 11.9. The Morgan fingerprint density at radius 3 is 2.48 bits per heavy atom. The van der Waals surface area contributed by atoms with Crippen molar-refractivity contribution in [3.8, 4) is 6.07 Å². The van der Waals surface area contributed by atoms with Gasteiger partial charge in [0.05, 0.1) is 21.7 Å². The van der Waals surface area contributed by atoms with E-state index >= 15 is 0 Å². The van der Waals surface area contributed by atoms with E-state index in [4.69, 9.17) is 28.5 Å². The highest BCUT2D eigenvalue weighted by molar-refractivity contribution is 6.42. The third-order valence-electron chi connectivity index (χ3n) is 2.89. The first kappa shape index (κ1) is 15.4.